The molecule has 23 nitrogen and oxygen atoms in total. The Hall–Kier alpha value is -9.79. The van der Waals surface area contributed by atoms with Gasteiger partial charge in [-0.05, 0) is 266 Å². The van der Waals surface area contributed by atoms with E-state index >= 15 is 0 Å². The van der Waals surface area contributed by atoms with E-state index in [1.165, 1.54) is 72.9 Å². The zero-order valence-corrected chi connectivity index (χ0v) is 76.4. The van der Waals surface area contributed by atoms with Gasteiger partial charge in [0.2, 0.25) is 0 Å². The molecule has 4 saturated heterocycles. The summed E-state index contributed by atoms with van der Waals surface area (Å²) < 4.78 is 220. The number of halogens is 12. The van der Waals surface area contributed by atoms with Gasteiger partial charge in [-0.3, -0.25) is 38.7 Å². The van der Waals surface area contributed by atoms with Crippen molar-refractivity contribution >= 4 is 49.1 Å². The SMILES string of the molecule is CC(C)S(=O)(=O)c1ccc(C(=O)N2CCC3(CC2)c2ccc(C(=O)C(F)(F)F)n2C[C@H](C)N3C)cc1.CN1CCn2c(C(F)(F)F)ccc2C12CCN(C(=O)c1ccc(CC(C)(C)O)cc1)CC2.COc1ccc(C(=O)N2CCC3(CC2)NCCn2c(C(F)(F)F)ccc23)cc1.Cc1cc(S(=O)(=O)C(C)C)ccc1C(=O)N1CCC2(CC1)c1ccc(C(F)(F)F)n1CCN2C.[HH].[HH]. The van der Waals surface area contributed by atoms with Crippen LogP contribution in [-0.2, 0) is 93.0 Å². The Labute approximate surface area is 752 Å². The minimum atomic E-state index is -4.95. The van der Waals surface area contributed by atoms with Gasteiger partial charge in [0.1, 0.15) is 22.8 Å². The van der Waals surface area contributed by atoms with Crippen LogP contribution in [0.5, 0.6) is 5.75 Å². The highest BCUT2D eigenvalue weighted by Gasteiger charge is 2.54. The molecule has 0 unspecified atom stereocenters. The number of amides is 4. The number of carbonyl (C=O) groups is 5. The fraction of sp³-hybridized carbons (Fsp3) is 0.516. The number of piperidine rings is 4. The highest BCUT2D eigenvalue weighted by molar-refractivity contribution is 7.92. The summed E-state index contributed by atoms with van der Waals surface area (Å²) in [6.45, 7) is 19.7. The lowest BCUT2D eigenvalue weighted by atomic mass is 9.80. The second-order valence-electron chi connectivity index (χ2n) is 36.5. The number of nitrogens with zero attached hydrogens (tertiary/aromatic N) is 11. The van der Waals surface area contributed by atoms with Gasteiger partial charge in [-0.1, -0.05) is 12.1 Å². The predicted octanol–water partition coefficient (Wildman–Crippen LogP) is 15.6. The zero-order valence-electron chi connectivity index (χ0n) is 74.8. The number of likely N-dealkylation sites (N-methyl/N-ethyl adjacent to an activating group) is 3. The van der Waals surface area contributed by atoms with Crippen molar-refractivity contribution in [3.8, 4) is 5.75 Å². The van der Waals surface area contributed by atoms with Crippen LogP contribution in [0, 0.1) is 6.92 Å². The predicted molar refractivity (Wildman–Crippen MR) is 467 cm³/mol. The van der Waals surface area contributed by atoms with E-state index in [9.17, 15) is 98.6 Å². The molecule has 130 heavy (non-hydrogen) atoms. The third-order valence-electron chi connectivity index (χ3n) is 27.7. The van der Waals surface area contributed by atoms with Gasteiger partial charge in [-0.25, -0.2) is 16.8 Å². The lowest BCUT2D eigenvalue weighted by Gasteiger charge is -2.53. The molecule has 4 spiro atoms. The number of rotatable bonds is 12. The number of nitrogens with one attached hydrogen (secondary N) is 1. The van der Waals surface area contributed by atoms with Gasteiger partial charge >= 0.3 is 24.7 Å². The molecule has 4 amide bonds. The smallest absolute Gasteiger partial charge is 0.456 e. The second kappa shape index (κ2) is 36.6. The summed E-state index contributed by atoms with van der Waals surface area (Å²) in [6.07, 6.45) is -13.2. The number of alkyl halides is 12. The molecular weight excluding hydrogens is 1750 g/mol. The van der Waals surface area contributed by atoms with Gasteiger partial charge in [-0.2, -0.15) is 52.7 Å². The van der Waals surface area contributed by atoms with Crippen molar-refractivity contribution in [3.63, 3.8) is 0 Å². The van der Waals surface area contributed by atoms with Crippen LogP contribution in [0.4, 0.5) is 52.7 Å². The molecule has 0 saturated carbocycles. The van der Waals surface area contributed by atoms with Crippen LogP contribution >= 0.6 is 0 Å². The van der Waals surface area contributed by atoms with E-state index < -0.39 is 106 Å². The normalized spacial score (nSPS) is 19.5. The van der Waals surface area contributed by atoms with Crippen molar-refractivity contribution in [1.82, 2.24) is 57.9 Å². The molecule has 4 fully saturated rings. The minimum Gasteiger partial charge on any atom is -0.497 e. The Bertz CT molecular complexity index is 5740. The quantitative estimate of drug-likeness (QED) is 0.0854. The number of aryl methyl sites for hydroxylation is 1. The van der Waals surface area contributed by atoms with Crippen molar-refractivity contribution in [3.05, 3.63) is 218 Å². The lowest BCUT2D eigenvalue weighted by molar-refractivity contribution is -0.145. The van der Waals surface area contributed by atoms with Crippen LogP contribution in [0.25, 0.3) is 0 Å². The number of ether oxygens (including phenoxy) is 1. The molecule has 4 aromatic carbocycles. The van der Waals surface area contributed by atoms with E-state index in [1.807, 2.05) is 40.2 Å². The number of carbonyl (C=O) groups excluding carboxylic acids is 5. The fourth-order valence-electron chi connectivity index (χ4n) is 20.1. The van der Waals surface area contributed by atoms with Gasteiger partial charge in [-0.15, -0.1) is 0 Å². The number of ketones is 1. The Morgan fingerprint density at radius 2 is 0.831 bits per heavy atom. The van der Waals surface area contributed by atoms with Crippen LogP contribution in [-0.4, -0.2) is 232 Å². The maximum Gasteiger partial charge on any atom is 0.456 e. The summed E-state index contributed by atoms with van der Waals surface area (Å²) in [5, 5.41) is 12.3. The summed E-state index contributed by atoms with van der Waals surface area (Å²) in [6, 6.07) is 35.7. The van der Waals surface area contributed by atoms with E-state index in [1.54, 1.807) is 142 Å². The van der Waals surface area contributed by atoms with E-state index in [2.05, 4.69) is 20.0 Å². The topological polar surface area (TPSA) is 238 Å². The number of benzene rings is 4. The summed E-state index contributed by atoms with van der Waals surface area (Å²) >= 11 is 0. The number of aliphatic hydroxyl groups is 1. The Morgan fingerprint density at radius 3 is 1.24 bits per heavy atom. The monoisotopic (exact) mass is 1870 g/mol. The van der Waals surface area contributed by atoms with Crippen molar-refractivity contribution in [1.29, 1.82) is 0 Å². The number of aromatic nitrogens is 4. The van der Waals surface area contributed by atoms with Gasteiger partial charge in [0.25, 0.3) is 29.4 Å². The van der Waals surface area contributed by atoms with Crippen LogP contribution < -0.4 is 10.1 Å². The summed E-state index contributed by atoms with van der Waals surface area (Å²) in [4.78, 5) is 77.9. The van der Waals surface area contributed by atoms with Gasteiger partial charge < -0.3 is 53.0 Å². The lowest BCUT2D eigenvalue weighted by Crippen LogP contribution is -2.59. The molecule has 0 radical (unpaired) electrons. The number of sulfone groups is 2. The van der Waals surface area contributed by atoms with Gasteiger partial charge in [0.05, 0.1) is 60.9 Å². The summed E-state index contributed by atoms with van der Waals surface area (Å²) in [7, 11) is 0.502. The number of hydrogen-bond acceptors (Lipinski definition) is 15. The first-order valence-corrected chi connectivity index (χ1v) is 46.7. The van der Waals surface area contributed by atoms with Crippen LogP contribution in [0.1, 0.15) is 206 Å². The molecule has 710 valence electrons. The molecule has 0 aliphatic carbocycles. The number of likely N-dealkylation sites (tertiary alicyclic amines) is 4. The first kappa shape index (κ1) is 97.7. The maximum atomic E-state index is 13.5. The van der Waals surface area contributed by atoms with Crippen molar-refractivity contribution in [2.45, 2.75) is 218 Å². The third kappa shape index (κ3) is 19.2. The molecule has 2 N–H and O–H groups in total. The van der Waals surface area contributed by atoms with Gasteiger partial charge in [0, 0.05) is 159 Å². The van der Waals surface area contributed by atoms with E-state index in [-0.39, 0.29) is 61.1 Å². The molecule has 4 aromatic heterocycles. The number of fused-ring (bicyclic) bond motifs is 8. The number of Topliss-reactive ketones (excluding diaryl/α,β-unsaturated/α-hetero) is 1. The number of hydrogen-bond donors (Lipinski definition) is 2. The molecule has 0 bridgehead atoms. The Balaban J connectivity index is 0.000000169. The average Bonchev–Trinajstić information content (AvgIpc) is 1.38. The van der Waals surface area contributed by atoms with E-state index in [0.717, 1.165) is 11.6 Å². The Kier molecular flexibility index (Phi) is 27.5. The van der Waals surface area contributed by atoms with Crippen molar-refractivity contribution < 1.29 is 106 Å². The fourth-order valence-corrected chi connectivity index (χ4v) is 22.3. The summed E-state index contributed by atoms with van der Waals surface area (Å²) in [5.41, 5.74) is 1.05. The van der Waals surface area contributed by atoms with Crippen LogP contribution in [0.2, 0.25) is 0 Å². The molecule has 16 rings (SSSR count). The molecular formula is C93H116F12N12O11S2. The van der Waals surface area contributed by atoms with Crippen LogP contribution in [0.3, 0.4) is 0 Å². The molecule has 12 heterocycles. The Morgan fingerprint density at radius 1 is 0.462 bits per heavy atom. The summed E-state index contributed by atoms with van der Waals surface area (Å²) in [5.74, 6) is -1.73. The second-order valence-corrected chi connectivity index (χ2v) is 41.5. The van der Waals surface area contributed by atoms with Crippen molar-refractivity contribution in [2.75, 3.05) is 100 Å². The van der Waals surface area contributed by atoms with Gasteiger partial charge in [0.15, 0.2) is 19.7 Å². The molecule has 37 heteroatoms. The van der Waals surface area contributed by atoms with Crippen LogP contribution in [0.15, 0.2) is 149 Å². The molecule has 1 atom stereocenters. The minimum absolute atomic E-state index is 0. The molecule has 8 aliphatic heterocycles. The first-order chi connectivity index (χ1) is 60.7. The first-order valence-electron chi connectivity index (χ1n) is 43.6. The highest BCUT2D eigenvalue weighted by Crippen LogP contribution is 2.49. The maximum absolute atomic E-state index is 13.5. The van der Waals surface area contributed by atoms with E-state index in [4.69, 9.17) is 4.74 Å². The zero-order chi connectivity index (χ0) is 94.9. The average molecular weight is 1870 g/mol. The number of methoxy groups -OCH3 is 1. The third-order valence-corrected chi connectivity index (χ3v) is 32.0. The highest BCUT2D eigenvalue weighted by atomic mass is 32.2. The van der Waals surface area contributed by atoms with E-state index in [0.29, 0.717) is 199 Å². The van der Waals surface area contributed by atoms with Crippen molar-refractivity contribution in [2.24, 2.45) is 0 Å². The largest absolute Gasteiger partial charge is 0.497 e. The molecule has 8 aliphatic rings. The standard InChI is InChI=1S/C25H30F3N3O4S.C24H30F3N3O3S.C24H30F3N3O2.C20H22F3N3O2.2H2/c1-16(2)36(34,35)19-7-5-18(6-8-19)23(33)30-13-11-24(12-14-30)21-10-9-20(22(32)25(26,27)28)31(21)15-17(3)29(24)4;1-16(2)34(32,33)18-5-6-19(17(3)15-18)22(31)29-11-9-23(10-12-29)20-7-8-21(24(25,26)27)30(20)14-13-28(23)4;1-22(2,32)16-17-4-6-18(7-5-17)21(31)29-12-10-23(11-13-29)19-8-9-20(24(25,26)27)30(19)15-14-28(23)3;1-28-15-4-2-14(3-5-15)18(27)25-11-8-19(9-12-25)16-6-7-17(20(21,22)23)26(16)13-10-24-19;;/h5-10,16-17H,11-15H2,1-4H3;5-8,15-16H,9-14H2,1-4H3;4-9,32H,10-16H2,1-3H3;2-7,24H,8-13H2,1H3;2*1H/t17-;;;;;/m0...../s1. The molecule has 8 aromatic rings.